The van der Waals surface area contributed by atoms with Crippen molar-refractivity contribution in [1.29, 1.82) is 0 Å². The van der Waals surface area contributed by atoms with Crippen LogP contribution in [0.2, 0.25) is 0 Å². The van der Waals surface area contributed by atoms with E-state index >= 15 is 0 Å². The van der Waals surface area contributed by atoms with Crippen LogP contribution in [-0.2, 0) is 0 Å². The molecule has 1 rings (SSSR count). The van der Waals surface area contributed by atoms with Crippen molar-refractivity contribution in [2.45, 2.75) is 25.4 Å². The molecule has 0 aliphatic heterocycles. The highest BCUT2D eigenvalue weighted by atomic mass is 16.3. The third-order valence-corrected chi connectivity index (χ3v) is 1.92. The highest BCUT2D eigenvalue weighted by molar-refractivity contribution is 4.92. The van der Waals surface area contributed by atoms with Gasteiger partial charge in [0.2, 0.25) is 0 Å². The minimum atomic E-state index is -0.575. The molecule has 0 saturated heterocycles. The van der Waals surface area contributed by atoms with E-state index in [1.54, 1.807) is 0 Å². The van der Waals surface area contributed by atoms with Crippen molar-refractivity contribution in [3.8, 4) is 0 Å². The first-order valence-electron chi connectivity index (χ1n) is 3.32. The Bertz CT molecular complexity index is 99.2. The summed E-state index contributed by atoms with van der Waals surface area (Å²) in [6.07, 6.45) is 2.30. The van der Waals surface area contributed by atoms with Gasteiger partial charge in [0, 0.05) is 6.54 Å². The van der Waals surface area contributed by atoms with Crippen LogP contribution in [0.3, 0.4) is 0 Å². The minimum absolute atomic E-state index is 0.480. The number of nitrogens with two attached hydrogens (primary N) is 1. The zero-order valence-electron chi connectivity index (χ0n) is 5.72. The number of rotatable bonds is 3. The average Bonchev–Trinajstić information content (AvgIpc) is 2.41. The van der Waals surface area contributed by atoms with E-state index in [1.165, 1.54) is 0 Å². The summed E-state index contributed by atoms with van der Waals surface area (Å²) in [5, 5.41) is 9.51. The van der Waals surface area contributed by atoms with E-state index < -0.39 is 5.60 Å². The van der Waals surface area contributed by atoms with E-state index in [-0.39, 0.29) is 0 Å². The predicted molar refractivity (Wildman–Crippen MR) is 35.5 cm³/mol. The Morgan fingerprint density at radius 2 is 2.33 bits per heavy atom. The molecule has 0 aromatic carbocycles. The lowest BCUT2D eigenvalue weighted by Crippen LogP contribution is -2.42. The molecule has 0 spiro atoms. The Morgan fingerprint density at radius 3 is 2.67 bits per heavy atom. The van der Waals surface area contributed by atoms with Gasteiger partial charge in [-0.1, -0.05) is 0 Å². The van der Waals surface area contributed by atoms with E-state index in [1.807, 2.05) is 6.92 Å². The summed E-state index contributed by atoms with van der Waals surface area (Å²) in [4.78, 5) is 0. The molecule has 1 atom stereocenters. The van der Waals surface area contributed by atoms with E-state index in [0.29, 0.717) is 12.5 Å². The molecule has 0 bridgehead atoms. The topological polar surface area (TPSA) is 58.3 Å². The standard InChI is InChI=1S/C6H14N2O/c1-6(9,4-8-7)5-2-3-5/h5,8-9H,2-4,7H2,1H3. The maximum Gasteiger partial charge on any atom is 0.0785 e. The molecular formula is C6H14N2O. The zero-order valence-corrected chi connectivity index (χ0v) is 5.72. The van der Waals surface area contributed by atoms with Crippen LogP contribution in [0.4, 0.5) is 0 Å². The lowest BCUT2D eigenvalue weighted by molar-refractivity contribution is 0.0372. The van der Waals surface area contributed by atoms with Crippen LogP contribution in [-0.4, -0.2) is 17.3 Å². The molecule has 1 fully saturated rings. The van der Waals surface area contributed by atoms with Gasteiger partial charge in [0.15, 0.2) is 0 Å². The molecule has 0 radical (unpaired) electrons. The van der Waals surface area contributed by atoms with Crippen molar-refractivity contribution in [1.82, 2.24) is 5.43 Å². The molecule has 1 unspecified atom stereocenters. The Labute approximate surface area is 55.2 Å². The SMILES string of the molecule is CC(O)(CNN)C1CC1. The molecule has 0 amide bonds. The van der Waals surface area contributed by atoms with Gasteiger partial charge >= 0.3 is 0 Å². The van der Waals surface area contributed by atoms with Gasteiger partial charge in [-0.05, 0) is 25.7 Å². The summed E-state index contributed by atoms with van der Waals surface area (Å²) in [7, 11) is 0. The van der Waals surface area contributed by atoms with Crippen LogP contribution in [0.15, 0.2) is 0 Å². The second-order valence-corrected chi connectivity index (χ2v) is 3.01. The molecule has 0 aromatic heterocycles. The van der Waals surface area contributed by atoms with Crippen molar-refractivity contribution in [3.63, 3.8) is 0 Å². The average molecular weight is 130 g/mol. The third-order valence-electron chi connectivity index (χ3n) is 1.92. The molecule has 1 aliphatic carbocycles. The van der Waals surface area contributed by atoms with Crippen LogP contribution in [0.25, 0.3) is 0 Å². The van der Waals surface area contributed by atoms with Gasteiger partial charge in [0.1, 0.15) is 0 Å². The number of hydrogen-bond acceptors (Lipinski definition) is 3. The molecule has 1 saturated carbocycles. The van der Waals surface area contributed by atoms with Crippen LogP contribution in [0.1, 0.15) is 19.8 Å². The summed E-state index contributed by atoms with van der Waals surface area (Å²) >= 11 is 0. The Balaban J connectivity index is 2.30. The molecule has 0 heterocycles. The first-order chi connectivity index (χ1) is 4.17. The highest BCUT2D eigenvalue weighted by Gasteiger charge is 2.39. The molecule has 3 heteroatoms. The summed E-state index contributed by atoms with van der Waals surface area (Å²) in [5.74, 6) is 5.55. The predicted octanol–water partition coefficient (Wildman–Crippen LogP) is -0.389. The molecule has 1 aliphatic rings. The second kappa shape index (κ2) is 2.25. The quantitative estimate of drug-likeness (QED) is 0.360. The van der Waals surface area contributed by atoms with Crippen molar-refractivity contribution in [2.24, 2.45) is 11.8 Å². The lowest BCUT2D eigenvalue weighted by atomic mass is 10.0. The van der Waals surface area contributed by atoms with Crippen molar-refractivity contribution < 1.29 is 5.11 Å². The summed E-state index contributed by atoms with van der Waals surface area (Å²) in [6.45, 7) is 2.32. The molecule has 3 nitrogen and oxygen atoms in total. The zero-order chi connectivity index (χ0) is 6.91. The molecule has 9 heavy (non-hydrogen) atoms. The van der Waals surface area contributed by atoms with Crippen LogP contribution < -0.4 is 11.3 Å². The van der Waals surface area contributed by atoms with Gasteiger partial charge in [-0.15, -0.1) is 0 Å². The van der Waals surface area contributed by atoms with Crippen LogP contribution in [0, 0.1) is 5.92 Å². The maximum atomic E-state index is 9.51. The minimum Gasteiger partial charge on any atom is -0.389 e. The van der Waals surface area contributed by atoms with E-state index in [2.05, 4.69) is 5.43 Å². The Hall–Kier alpha value is -0.120. The number of hydrogen-bond donors (Lipinski definition) is 3. The molecule has 4 N–H and O–H groups in total. The Morgan fingerprint density at radius 1 is 1.78 bits per heavy atom. The Kier molecular flexibility index (Phi) is 1.75. The van der Waals surface area contributed by atoms with Gasteiger partial charge in [0.25, 0.3) is 0 Å². The van der Waals surface area contributed by atoms with Gasteiger partial charge in [-0.25, -0.2) is 0 Å². The van der Waals surface area contributed by atoms with Crippen molar-refractivity contribution >= 4 is 0 Å². The van der Waals surface area contributed by atoms with Crippen molar-refractivity contribution in [3.05, 3.63) is 0 Å². The lowest BCUT2D eigenvalue weighted by Gasteiger charge is -2.21. The van der Waals surface area contributed by atoms with E-state index in [9.17, 15) is 5.11 Å². The van der Waals surface area contributed by atoms with Crippen molar-refractivity contribution in [2.75, 3.05) is 6.54 Å². The summed E-state index contributed by atoms with van der Waals surface area (Å²) in [6, 6.07) is 0. The fourth-order valence-electron chi connectivity index (χ4n) is 1.06. The molecule has 54 valence electrons. The van der Waals surface area contributed by atoms with Crippen LogP contribution >= 0.6 is 0 Å². The third kappa shape index (κ3) is 1.64. The number of aliphatic hydroxyl groups is 1. The fourth-order valence-corrected chi connectivity index (χ4v) is 1.06. The van der Waals surface area contributed by atoms with E-state index in [0.717, 1.165) is 12.8 Å². The largest absolute Gasteiger partial charge is 0.389 e. The maximum absolute atomic E-state index is 9.51. The first-order valence-corrected chi connectivity index (χ1v) is 3.32. The second-order valence-electron chi connectivity index (χ2n) is 3.01. The van der Waals surface area contributed by atoms with Crippen LogP contribution in [0.5, 0.6) is 0 Å². The number of nitrogens with one attached hydrogen (secondary N) is 1. The normalized spacial score (nSPS) is 25.7. The fraction of sp³-hybridized carbons (Fsp3) is 1.00. The highest BCUT2D eigenvalue weighted by Crippen LogP contribution is 2.38. The van der Waals surface area contributed by atoms with Gasteiger partial charge < -0.3 is 5.11 Å². The van der Waals surface area contributed by atoms with Gasteiger partial charge in [0.05, 0.1) is 5.60 Å². The van der Waals surface area contributed by atoms with E-state index in [4.69, 9.17) is 5.84 Å². The smallest absolute Gasteiger partial charge is 0.0785 e. The molecular weight excluding hydrogens is 116 g/mol. The van der Waals surface area contributed by atoms with Gasteiger partial charge in [-0.2, -0.15) is 0 Å². The molecule has 0 aromatic rings. The monoisotopic (exact) mass is 130 g/mol. The summed E-state index contributed by atoms with van der Waals surface area (Å²) in [5.41, 5.74) is 1.90. The summed E-state index contributed by atoms with van der Waals surface area (Å²) < 4.78 is 0. The first kappa shape index (κ1) is 6.99. The number of hydrazine groups is 1. The van der Waals surface area contributed by atoms with Gasteiger partial charge in [-0.3, -0.25) is 11.3 Å².